The molecule has 0 aromatic carbocycles. The van der Waals surface area contributed by atoms with Crippen LogP contribution in [0.5, 0.6) is 0 Å². The van der Waals surface area contributed by atoms with E-state index in [2.05, 4.69) is 26.7 Å². The van der Waals surface area contributed by atoms with Crippen molar-refractivity contribution >= 4 is 10.0 Å². The summed E-state index contributed by atoms with van der Waals surface area (Å²) in [5.41, 5.74) is 1.10. The van der Waals surface area contributed by atoms with Crippen LogP contribution in [0.15, 0.2) is 4.90 Å². The number of hydrogen-bond acceptors (Lipinski definition) is 4. The van der Waals surface area contributed by atoms with E-state index in [4.69, 9.17) is 0 Å². The van der Waals surface area contributed by atoms with E-state index in [1.807, 2.05) is 0 Å². The zero-order chi connectivity index (χ0) is 14.0. The second-order valence-corrected chi connectivity index (χ2v) is 6.91. The molecule has 0 spiro atoms. The molecule has 0 amide bonds. The Bertz CT molecular complexity index is 512. The number of sulfonamides is 1. The van der Waals surface area contributed by atoms with Gasteiger partial charge in [0.25, 0.3) is 0 Å². The summed E-state index contributed by atoms with van der Waals surface area (Å²) >= 11 is 0. The molecule has 1 atom stereocenters. The van der Waals surface area contributed by atoms with Gasteiger partial charge in [-0.2, -0.15) is 5.10 Å². The Morgan fingerprint density at radius 2 is 2.00 bits per heavy atom. The highest BCUT2D eigenvalue weighted by Crippen LogP contribution is 2.17. The maximum Gasteiger partial charge on any atom is 0.244 e. The number of rotatable bonds is 5. The van der Waals surface area contributed by atoms with Crippen LogP contribution in [0.2, 0.25) is 0 Å². The molecule has 1 aliphatic heterocycles. The average molecular weight is 286 g/mol. The van der Waals surface area contributed by atoms with E-state index < -0.39 is 10.0 Å². The van der Waals surface area contributed by atoms with Crippen LogP contribution in [0.1, 0.15) is 31.2 Å². The van der Waals surface area contributed by atoms with E-state index in [1.54, 1.807) is 13.8 Å². The van der Waals surface area contributed by atoms with Crippen LogP contribution < -0.4 is 4.72 Å². The normalized spacial score (nSPS) is 18.9. The van der Waals surface area contributed by atoms with Gasteiger partial charge in [-0.15, -0.1) is 0 Å². The van der Waals surface area contributed by atoms with Gasteiger partial charge in [-0.3, -0.25) is 10.00 Å². The predicted molar refractivity (Wildman–Crippen MR) is 73.5 cm³/mol. The molecule has 0 bridgehead atoms. The van der Waals surface area contributed by atoms with E-state index in [0.29, 0.717) is 17.9 Å². The molecule has 2 heterocycles. The maximum atomic E-state index is 12.3. The summed E-state index contributed by atoms with van der Waals surface area (Å²) in [7, 11) is -3.47. The second-order valence-electron chi connectivity index (χ2n) is 5.21. The number of hydrogen-bond donors (Lipinski definition) is 2. The third-order valence-corrected chi connectivity index (χ3v) is 5.35. The van der Waals surface area contributed by atoms with Gasteiger partial charge in [0.05, 0.1) is 11.4 Å². The van der Waals surface area contributed by atoms with E-state index in [9.17, 15) is 8.42 Å². The van der Waals surface area contributed by atoms with Crippen molar-refractivity contribution in [2.45, 2.75) is 44.6 Å². The third kappa shape index (κ3) is 3.16. The monoisotopic (exact) mass is 286 g/mol. The summed E-state index contributed by atoms with van der Waals surface area (Å²) in [5.74, 6) is 0. The predicted octanol–water partition coefficient (Wildman–Crippen LogP) is 0.789. The molecule has 0 aliphatic carbocycles. The number of aromatic amines is 1. The molecule has 6 nitrogen and oxygen atoms in total. The van der Waals surface area contributed by atoms with Crippen LogP contribution in [-0.2, 0) is 10.0 Å². The number of aromatic nitrogens is 2. The smallest absolute Gasteiger partial charge is 0.244 e. The minimum atomic E-state index is -3.47. The summed E-state index contributed by atoms with van der Waals surface area (Å²) in [6, 6.07) is 0.227. The molecule has 1 aliphatic rings. The zero-order valence-electron chi connectivity index (χ0n) is 11.7. The van der Waals surface area contributed by atoms with Gasteiger partial charge in [0.1, 0.15) is 4.90 Å². The summed E-state index contributed by atoms with van der Waals surface area (Å²) in [5, 5.41) is 6.64. The number of nitrogens with zero attached hydrogens (tertiary/aromatic N) is 2. The molecule has 1 saturated heterocycles. The molecule has 1 fully saturated rings. The van der Waals surface area contributed by atoms with Gasteiger partial charge in [0, 0.05) is 12.6 Å². The van der Waals surface area contributed by atoms with Crippen molar-refractivity contribution < 1.29 is 8.42 Å². The Hall–Kier alpha value is -0.920. The summed E-state index contributed by atoms with van der Waals surface area (Å²) in [6.45, 7) is 8.04. The highest BCUT2D eigenvalue weighted by Gasteiger charge is 2.24. The molecule has 1 aromatic heterocycles. The summed E-state index contributed by atoms with van der Waals surface area (Å²) in [6.07, 6.45) is 2.41. The molecule has 2 rings (SSSR count). The summed E-state index contributed by atoms with van der Waals surface area (Å²) in [4.78, 5) is 2.60. The first kappa shape index (κ1) is 14.5. The Kier molecular flexibility index (Phi) is 4.27. The summed E-state index contributed by atoms with van der Waals surface area (Å²) < 4.78 is 27.2. The van der Waals surface area contributed by atoms with Crippen molar-refractivity contribution in [1.82, 2.24) is 19.8 Å². The SMILES string of the molecule is Cc1n[nH]c(C)c1S(=O)(=O)NCC(C)N1CCCC1. The van der Waals surface area contributed by atoms with Crippen LogP contribution >= 0.6 is 0 Å². The van der Waals surface area contributed by atoms with Crippen molar-refractivity contribution in [1.29, 1.82) is 0 Å². The standard InChI is InChI=1S/C12H22N4O2S/c1-9(16-6-4-5-7-16)8-13-19(17,18)12-10(2)14-15-11(12)3/h9,13H,4-8H2,1-3H3,(H,14,15). The average Bonchev–Trinajstić information content (AvgIpc) is 2.96. The topological polar surface area (TPSA) is 78.1 Å². The lowest BCUT2D eigenvalue weighted by Crippen LogP contribution is -2.40. The van der Waals surface area contributed by atoms with Gasteiger partial charge < -0.3 is 0 Å². The van der Waals surface area contributed by atoms with E-state index in [1.165, 1.54) is 12.8 Å². The van der Waals surface area contributed by atoms with Crippen molar-refractivity contribution in [2.75, 3.05) is 19.6 Å². The molecular weight excluding hydrogens is 264 g/mol. The lowest BCUT2D eigenvalue weighted by molar-refractivity contribution is 0.260. The first-order valence-electron chi connectivity index (χ1n) is 6.67. The fourth-order valence-electron chi connectivity index (χ4n) is 2.55. The maximum absolute atomic E-state index is 12.3. The Morgan fingerprint density at radius 3 is 2.53 bits per heavy atom. The van der Waals surface area contributed by atoms with Crippen LogP contribution in [0.4, 0.5) is 0 Å². The number of H-pyrrole nitrogens is 1. The number of nitrogens with one attached hydrogen (secondary N) is 2. The minimum Gasteiger partial charge on any atom is -0.299 e. The Balaban J connectivity index is 2.02. The minimum absolute atomic E-state index is 0.227. The third-order valence-electron chi connectivity index (χ3n) is 3.66. The highest BCUT2D eigenvalue weighted by molar-refractivity contribution is 7.89. The molecule has 108 valence electrons. The van der Waals surface area contributed by atoms with Gasteiger partial charge in [-0.1, -0.05) is 0 Å². The molecule has 19 heavy (non-hydrogen) atoms. The van der Waals surface area contributed by atoms with Gasteiger partial charge in [-0.05, 0) is 46.7 Å². The lowest BCUT2D eigenvalue weighted by Gasteiger charge is -2.23. The van der Waals surface area contributed by atoms with Crippen molar-refractivity contribution in [3.8, 4) is 0 Å². The Morgan fingerprint density at radius 1 is 1.37 bits per heavy atom. The van der Waals surface area contributed by atoms with E-state index >= 15 is 0 Å². The van der Waals surface area contributed by atoms with Crippen LogP contribution in [0, 0.1) is 13.8 Å². The van der Waals surface area contributed by atoms with Crippen LogP contribution in [0.25, 0.3) is 0 Å². The fraction of sp³-hybridized carbons (Fsp3) is 0.750. The quantitative estimate of drug-likeness (QED) is 0.839. The molecule has 0 radical (unpaired) electrons. The molecule has 2 N–H and O–H groups in total. The Labute approximate surface area is 114 Å². The van der Waals surface area contributed by atoms with Gasteiger partial charge >= 0.3 is 0 Å². The molecular formula is C12H22N4O2S. The first-order valence-corrected chi connectivity index (χ1v) is 8.15. The van der Waals surface area contributed by atoms with E-state index in [-0.39, 0.29) is 10.9 Å². The molecule has 1 unspecified atom stereocenters. The van der Waals surface area contributed by atoms with Gasteiger partial charge in [-0.25, -0.2) is 13.1 Å². The highest BCUT2D eigenvalue weighted by atomic mass is 32.2. The van der Waals surface area contributed by atoms with Crippen LogP contribution in [-0.4, -0.2) is 49.2 Å². The van der Waals surface area contributed by atoms with Crippen LogP contribution in [0.3, 0.4) is 0 Å². The molecule has 7 heteroatoms. The van der Waals surface area contributed by atoms with Crippen molar-refractivity contribution in [3.05, 3.63) is 11.4 Å². The number of likely N-dealkylation sites (tertiary alicyclic amines) is 1. The molecule has 0 saturated carbocycles. The number of aryl methyl sites for hydroxylation is 2. The second kappa shape index (κ2) is 5.60. The largest absolute Gasteiger partial charge is 0.299 e. The lowest BCUT2D eigenvalue weighted by atomic mass is 10.3. The van der Waals surface area contributed by atoms with Gasteiger partial charge in [0.15, 0.2) is 0 Å². The molecule has 1 aromatic rings. The van der Waals surface area contributed by atoms with E-state index in [0.717, 1.165) is 13.1 Å². The van der Waals surface area contributed by atoms with Crippen molar-refractivity contribution in [2.24, 2.45) is 0 Å². The van der Waals surface area contributed by atoms with Gasteiger partial charge in [0.2, 0.25) is 10.0 Å². The first-order chi connectivity index (χ1) is 8.92. The van der Waals surface area contributed by atoms with Crippen molar-refractivity contribution in [3.63, 3.8) is 0 Å². The fourth-order valence-corrected chi connectivity index (χ4v) is 4.04. The zero-order valence-corrected chi connectivity index (χ0v) is 12.5.